The topological polar surface area (TPSA) is 26.0 Å². The fraction of sp³-hybridized carbons (Fsp3) is 0.111. The molecule has 0 fully saturated rings. The zero-order valence-corrected chi connectivity index (χ0v) is 9.90. The summed E-state index contributed by atoms with van der Waals surface area (Å²) < 4.78 is 26.7. The Morgan fingerprint density at radius 1 is 1.36 bits per heavy atom. The minimum Gasteiger partial charge on any atom is -0.398 e. The molecule has 0 saturated carbocycles. The minimum atomic E-state index is -2.44. The van der Waals surface area contributed by atoms with Gasteiger partial charge in [0.05, 0.1) is 5.69 Å². The molecule has 1 aromatic carbocycles. The second-order valence-electron chi connectivity index (χ2n) is 2.86. The fourth-order valence-corrected chi connectivity index (χ4v) is 2.92. The maximum absolute atomic E-state index is 12.6. The van der Waals surface area contributed by atoms with E-state index in [1.807, 2.05) is 28.7 Å². The van der Waals surface area contributed by atoms with E-state index in [-0.39, 0.29) is 5.56 Å². The van der Waals surface area contributed by atoms with Gasteiger partial charge in [-0.2, -0.15) is 0 Å². The highest BCUT2D eigenvalue weighted by Gasteiger charge is 2.15. The molecule has 0 aliphatic heterocycles. The quantitative estimate of drug-likeness (QED) is 0.787. The average molecular weight is 325 g/mol. The largest absolute Gasteiger partial charge is 0.398 e. The van der Waals surface area contributed by atoms with E-state index in [1.54, 1.807) is 5.38 Å². The van der Waals surface area contributed by atoms with Crippen molar-refractivity contribution in [3.8, 4) is 0 Å². The molecule has 0 atom stereocenters. The molecule has 5 heteroatoms. The standard InChI is InChI=1S/C9H6F2INS/c10-9(11)6-2-4(12)1-5-7(13)3-14-8(5)6/h1-3,9H,13H2. The zero-order valence-electron chi connectivity index (χ0n) is 6.93. The molecule has 0 saturated heterocycles. The molecule has 0 amide bonds. The summed E-state index contributed by atoms with van der Waals surface area (Å²) in [5, 5.41) is 2.43. The summed E-state index contributed by atoms with van der Waals surface area (Å²) in [6, 6.07) is 3.33. The first-order chi connectivity index (χ1) is 6.59. The molecule has 74 valence electrons. The first kappa shape index (κ1) is 10.1. The Balaban J connectivity index is 2.82. The van der Waals surface area contributed by atoms with Crippen LogP contribution in [0.4, 0.5) is 14.5 Å². The third kappa shape index (κ3) is 1.58. The molecule has 0 aliphatic rings. The number of hydrogen-bond acceptors (Lipinski definition) is 2. The summed E-state index contributed by atoms with van der Waals surface area (Å²) in [4.78, 5) is 0. The molecule has 0 unspecified atom stereocenters. The Bertz CT molecular complexity index is 481. The van der Waals surface area contributed by atoms with E-state index in [9.17, 15) is 8.78 Å². The van der Waals surface area contributed by atoms with Gasteiger partial charge in [0.15, 0.2) is 0 Å². The van der Waals surface area contributed by atoms with Crippen LogP contribution in [-0.2, 0) is 0 Å². The van der Waals surface area contributed by atoms with Crippen LogP contribution in [0.15, 0.2) is 17.5 Å². The second kappa shape index (κ2) is 3.62. The van der Waals surface area contributed by atoms with Crippen LogP contribution in [0.2, 0.25) is 0 Å². The van der Waals surface area contributed by atoms with Crippen LogP contribution in [-0.4, -0.2) is 0 Å². The van der Waals surface area contributed by atoms with Crippen LogP contribution < -0.4 is 5.73 Å². The molecular formula is C9H6F2INS. The molecule has 2 N–H and O–H groups in total. The maximum atomic E-state index is 12.6. The molecule has 0 aliphatic carbocycles. The molecule has 0 bridgehead atoms. The van der Waals surface area contributed by atoms with Crippen LogP contribution in [0, 0.1) is 3.57 Å². The first-order valence-corrected chi connectivity index (χ1v) is 5.79. The van der Waals surface area contributed by atoms with Crippen molar-refractivity contribution in [2.75, 3.05) is 5.73 Å². The van der Waals surface area contributed by atoms with Crippen molar-refractivity contribution < 1.29 is 8.78 Å². The predicted octanol–water partition coefficient (Wildman–Crippen LogP) is 4.03. The maximum Gasteiger partial charge on any atom is 0.265 e. The first-order valence-electron chi connectivity index (χ1n) is 3.84. The van der Waals surface area contributed by atoms with Crippen LogP contribution in [0.25, 0.3) is 10.1 Å². The third-order valence-corrected chi connectivity index (χ3v) is 3.62. The van der Waals surface area contributed by atoms with Crippen LogP contribution >= 0.6 is 33.9 Å². The van der Waals surface area contributed by atoms with E-state index in [0.29, 0.717) is 10.4 Å². The van der Waals surface area contributed by atoms with Crippen molar-refractivity contribution in [3.63, 3.8) is 0 Å². The lowest BCUT2D eigenvalue weighted by molar-refractivity contribution is 0.153. The highest BCUT2D eigenvalue weighted by atomic mass is 127. The number of benzene rings is 1. The number of nitrogen functional groups attached to an aromatic ring is 1. The predicted molar refractivity (Wildman–Crippen MR) is 63.9 cm³/mol. The van der Waals surface area contributed by atoms with Crippen molar-refractivity contribution in [3.05, 3.63) is 26.6 Å². The molecule has 0 radical (unpaired) electrons. The Labute approximate surface area is 97.1 Å². The lowest BCUT2D eigenvalue weighted by atomic mass is 10.1. The van der Waals surface area contributed by atoms with Gasteiger partial charge >= 0.3 is 0 Å². The summed E-state index contributed by atoms with van der Waals surface area (Å²) in [7, 11) is 0. The van der Waals surface area contributed by atoms with E-state index in [4.69, 9.17) is 5.73 Å². The van der Waals surface area contributed by atoms with Gasteiger partial charge in [0.25, 0.3) is 6.43 Å². The highest BCUT2D eigenvalue weighted by Crippen LogP contribution is 2.36. The summed E-state index contributed by atoms with van der Waals surface area (Å²) in [5.41, 5.74) is 6.33. The van der Waals surface area contributed by atoms with Crippen molar-refractivity contribution >= 4 is 49.7 Å². The zero-order chi connectivity index (χ0) is 10.3. The van der Waals surface area contributed by atoms with E-state index in [0.717, 1.165) is 8.96 Å². The summed E-state index contributed by atoms with van der Waals surface area (Å²) in [6.07, 6.45) is -2.44. The van der Waals surface area contributed by atoms with Gasteiger partial charge in [0, 0.05) is 24.6 Å². The van der Waals surface area contributed by atoms with Crippen molar-refractivity contribution in [1.82, 2.24) is 0 Å². The monoisotopic (exact) mass is 325 g/mol. The molecule has 2 rings (SSSR count). The molecular weight excluding hydrogens is 319 g/mol. The van der Waals surface area contributed by atoms with Gasteiger partial charge in [-0.3, -0.25) is 0 Å². The smallest absolute Gasteiger partial charge is 0.265 e. The Morgan fingerprint density at radius 3 is 2.71 bits per heavy atom. The van der Waals surface area contributed by atoms with Gasteiger partial charge in [-0.05, 0) is 34.7 Å². The molecule has 2 aromatic rings. The number of halogens is 3. The number of rotatable bonds is 1. The third-order valence-electron chi connectivity index (χ3n) is 1.93. The molecule has 0 spiro atoms. The number of alkyl halides is 2. The van der Waals surface area contributed by atoms with Gasteiger partial charge in [-0.1, -0.05) is 0 Å². The van der Waals surface area contributed by atoms with E-state index >= 15 is 0 Å². The molecule has 1 aromatic heterocycles. The van der Waals surface area contributed by atoms with Gasteiger partial charge in [0.2, 0.25) is 0 Å². The second-order valence-corrected chi connectivity index (χ2v) is 4.99. The minimum absolute atomic E-state index is 0.0774. The number of nitrogens with two attached hydrogens (primary N) is 1. The lowest BCUT2D eigenvalue weighted by Crippen LogP contribution is -1.87. The number of anilines is 1. The number of hydrogen-bond donors (Lipinski definition) is 1. The van der Waals surface area contributed by atoms with E-state index in [1.165, 1.54) is 17.4 Å². The fourth-order valence-electron chi connectivity index (χ4n) is 1.31. The Hall–Kier alpha value is -0.430. The van der Waals surface area contributed by atoms with Gasteiger partial charge in [-0.25, -0.2) is 8.78 Å². The summed E-state index contributed by atoms with van der Waals surface area (Å²) in [6.45, 7) is 0. The van der Waals surface area contributed by atoms with Crippen LogP contribution in [0.3, 0.4) is 0 Å². The normalized spacial score (nSPS) is 11.4. The van der Waals surface area contributed by atoms with Crippen molar-refractivity contribution in [1.29, 1.82) is 0 Å². The average Bonchev–Trinajstić information content (AvgIpc) is 2.47. The van der Waals surface area contributed by atoms with Crippen LogP contribution in [0.5, 0.6) is 0 Å². The summed E-state index contributed by atoms with van der Waals surface area (Å²) in [5.74, 6) is 0. The lowest BCUT2D eigenvalue weighted by Gasteiger charge is -2.02. The van der Waals surface area contributed by atoms with Crippen molar-refractivity contribution in [2.45, 2.75) is 6.43 Å². The highest BCUT2D eigenvalue weighted by molar-refractivity contribution is 14.1. The SMILES string of the molecule is Nc1csc2c(C(F)F)cc(I)cc12. The number of thiophene rings is 1. The Morgan fingerprint density at radius 2 is 2.07 bits per heavy atom. The molecule has 1 heterocycles. The van der Waals surface area contributed by atoms with Crippen LogP contribution in [0.1, 0.15) is 12.0 Å². The van der Waals surface area contributed by atoms with Gasteiger partial charge in [0.1, 0.15) is 0 Å². The van der Waals surface area contributed by atoms with E-state index < -0.39 is 6.43 Å². The van der Waals surface area contributed by atoms with E-state index in [2.05, 4.69) is 0 Å². The summed E-state index contributed by atoms with van der Waals surface area (Å²) >= 11 is 3.29. The number of fused-ring (bicyclic) bond motifs is 1. The van der Waals surface area contributed by atoms with Gasteiger partial charge in [-0.15, -0.1) is 11.3 Å². The molecule has 14 heavy (non-hydrogen) atoms. The Kier molecular flexibility index (Phi) is 2.61. The van der Waals surface area contributed by atoms with Crippen molar-refractivity contribution in [2.24, 2.45) is 0 Å². The molecule has 1 nitrogen and oxygen atoms in total. The van der Waals surface area contributed by atoms with Gasteiger partial charge < -0.3 is 5.73 Å².